The highest BCUT2D eigenvalue weighted by molar-refractivity contribution is 6.05. The van der Waals surface area contributed by atoms with Gasteiger partial charge >= 0.3 is 0 Å². The van der Waals surface area contributed by atoms with Gasteiger partial charge in [0, 0.05) is 24.1 Å². The van der Waals surface area contributed by atoms with Crippen LogP contribution in [0.2, 0.25) is 0 Å². The highest BCUT2D eigenvalue weighted by Crippen LogP contribution is 2.31. The van der Waals surface area contributed by atoms with E-state index in [0.717, 1.165) is 17.7 Å². The minimum Gasteiger partial charge on any atom is -0.299 e. The molecule has 4 heteroatoms. The van der Waals surface area contributed by atoms with Gasteiger partial charge in [0.15, 0.2) is 0 Å². The van der Waals surface area contributed by atoms with E-state index < -0.39 is 0 Å². The summed E-state index contributed by atoms with van der Waals surface area (Å²) in [5, 5.41) is 4.12. The van der Waals surface area contributed by atoms with Crippen molar-refractivity contribution >= 4 is 17.4 Å². The number of carbonyl (C=O) groups is 2. The van der Waals surface area contributed by atoms with Gasteiger partial charge in [0.05, 0.1) is 0 Å². The Balaban J connectivity index is 2.03. The van der Waals surface area contributed by atoms with E-state index in [1.54, 1.807) is 12.1 Å². The van der Waals surface area contributed by atoms with E-state index in [-0.39, 0.29) is 17.1 Å². The summed E-state index contributed by atoms with van der Waals surface area (Å²) < 4.78 is 0. The lowest BCUT2D eigenvalue weighted by atomic mass is 9.76. The number of nitrogens with one attached hydrogen (secondary N) is 1. The molecule has 0 unspecified atom stereocenters. The Kier molecular flexibility index (Phi) is 4.02. The van der Waals surface area contributed by atoms with E-state index in [1.807, 2.05) is 32.9 Å². The molecule has 0 heterocycles. The van der Waals surface area contributed by atoms with Crippen molar-refractivity contribution < 1.29 is 9.59 Å². The number of rotatable bonds is 2. The van der Waals surface area contributed by atoms with E-state index in [1.165, 1.54) is 0 Å². The molecular weight excluding hydrogens is 252 g/mol. The largest absolute Gasteiger partial charge is 0.299 e. The zero-order valence-corrected chi connectivity index (χ0v) is 12.2. The zero-order valence-electron chi connectivity index (χ0n) is 12.2. The number of ketones is 1. The Labute approximate surface area is 119 Å². The molecule has 0 bridgehead atoms. The van der Waals surface area contributed by atoms with Crippen molar-refractivity contribution in [3.05, 3.63) is 35.4 Å². The third-order valence-electron chi connectivity index (χ3n) is 3.39. The van der Waals surface area contributed by atoms with Crippen molar-refractivity contribution in [2.24, 2.45) is 10.5 Å². The molecule has 1 saturated carbocycles. The van der Waals surface area contributed by atoms with E-state index >= 15 is 0 Å². The number of hydrogen-bond donors (Lipinski definition) is 1. The Morgan fingerprint density at radius 3 is 2.45 bits per heavy atom. The van der Waals surface area contributed by atoms with Gasteiger partial charge < -0.3 is 0 Å². The standard InChI is InChI=1S/C16H20N2O2/c1-11-4-6-12(7-5-11)15(20)18-17-13-8-14(19)10-16(2,3)9-13/h4-7H,8-10H2,1-3H3,(H,18,20)/b17-13+. The molecule has 106 valence electrons. The minimum absolute atomic E-state index is 0.0667. The number of hydrazone groups is 1. The molecule has 1 amide bonds. The second-order valence-corrected chi connectivity index (χ2v) is 6.22. The van der Waals surface area contributed by atoms with Gasteiger partial charge in [-0.05, 0) is 30.9 Å². The van der Waals surface area contributed by atoms with Gasteiger partial charge in [-0.2, -0.15) is 5.10 Å². The summed E-state index contributed by atoms with van der Waals surface area (Å²) in [4.78, 5) is 23.6. The van der Waals surface area contributed by atoms with E-state index in [9.17, 15) is 9.59 Å². The van der Waals surface area contributed by atoms with Crippen LogP contribution in [0.3, 0.4) is 0 Å². The van der Waals surface area contributed by atoms with Crippen molar-refractivity contribution in [3.8, 4) is 0 Å². The van der Waals surface area contributed by atoms with Crippen molar-refractivity contribution in [2.45, 2.75) is 40.0 Å². The Morgan fingerprint density at radius 1 is 1.20 bits per heavy atom. The highest BCUT2D eigenvalue weighted by atomic mass is 16.2. The maximum Gasteiger partial charge on any atom is 0.271 e. The third-order valence-corrected chi connectivity index (χ3v) is 3.39. The Morgan fingerprint density at radius 2 is 1.85 bits per heavy atom. The van der Waals surface area contributed by atoms with Crippen LogP contribution in [0.4, 0.5) is 0 Å². The maximum atomic E-state index is 11.9. The first-order valence-electron chi connectivity index (χ1n) is 6.80. The average Bonchev–Trinajstić information content (AvgIpc) is 2.34. The van der Waals surface area contributed by atoms with Crippen LogP contribution in [0.25, 0.3) is 0 Å². The number of carbonyl (C=O) groups excluding carboxylic acids is 2. The van der Waals surface area contributed by atoms with Crippen LogP contribution in [0.1, 0.15) is 49.0 Å². The molecule has 1 aromatic rings. The first-order chi connectivity index (χ1) is 9.35. The number of Topliss-reactive ketones (excluding diaryl/α,β-unsaturated/α-hetero) is 1. The molecule has 1 aromatic carbocycles. The molecule has 0 spiro atoms. The second-order valence-electron chi connectivity index (χ2n) is 6.22. The second kappa shape index (κ2) is 5.57. The fraction of sp³-hybridized carbons (Fsp3) is 0.438. The van der Waals surface area contributed by atoms with Gasteiger partial charge in [0.25, 0.3) is 5.91 Å². The minimum atomic E-state index is -0.242. The zero-order chi connectivity index (χ0) is 14.8. The summed E-state index contributed by atoms with van der Waals surface area (Å²) in [6.45, 7) is 6.06. The van der Waals surface area contributed by atoms with E-state index in [2.05, 4.69) is 10.5 Å². The summed E-state index contributed by atoms with van der Waals surface area (Å²) in [5.74, 6) is -0.0575. The molecule has 1 N–H and O–H groups in total. The molecule has 1 aliphatic rings. The van der Waals surface area contributed by atoms with E-state index in [0.29, 0.717) is 18.4 Å². The SMILES string of the molecule is Cc1ccc(C(=O)N/N=C2\CC(=O)CC(C)(C)C2)cc1. The van der Waals surface area contributed by atoms with Gasteiger partial charge in [-0.25, -0.2) is 5.43 Å². The molecule has 4 nitrogen and oxygen atoms in total. The lowest BCUT2D eigenvalue weighted by Gasteiger charge is -2.28. The number of aryl methyl sites for hydroxylation is 1. The van der Waals surface area contributed by atoms with Crippen LogP contribution in [0, 0.1) is 12.3 Å². The molecular formula is C16H20N2O2. The average molecular weight is 272 g/mol. The molecule has 0 atom stereocenters. The van der Waals surface area contributed by atoms with Gasteiger partial charge in [-0.1, -0.05) is 31.5 Å². The lowest BCUT2D eigenvalue weighted by Crippen LogP contribution is -2.31. The molecule has 0 saturated heterocycles. The molecule has 20 heavy (non-hydrogen) atoms. The van der Waals surface area contributed by atoms with Crippen molar-refractivity contribution in [1.29, 1.82) is 0 Å². The van der Waals surface area contributed by atoms with Gasteiger partial charge in [-0.15, -0.1) is 0 Å². The predicted molar refractivity (Wildman–Crippen MR) is 78.7 cm³/mol. The lowest BCUT2D eigenvalue weighted by molar-refractivity contribution is -0.120. The fourth-order valence-electron chi connectivity index (χ4n) is 2.48. The van der Waals surface area contributed by atoms with E-state index in [4.69, 9.17) is 0 Å². The van der Waals surface area contributed by atoms with Crippen molar-refractivity contribution in [2.75, 3.05) is 0 Å². The molecule has 0 aliphatic heterocycles. The molecule has 0 radical (unpaired) electrons. The first-order valence-corrected chi connectivity index (χ1v) is 6.80. The van der Waals surface area contributed by atoms with Crippen LogP contribution in [-0.2, 0) is 4.79 Å². The fourth-order valence-corrected chi connectivity index (χ4v) is 2.48. The molecule has 0 aromatic heterocycles. The molecule has 2 rings (SSSR count). The van der Waals surface area contributed by atoms with Crippen molar-refractivity contribution in [1.82, 2.24) is 5.43 Å². The summed E-state index contributed by atoms with van der Waals surface area (Å²) in [5.41, 5.74) is 4.91. The number of hydrogen-bond acceptors (Lipinski definition) is 3. The maximum absolute atomic E-state index is 11.9. The third kappa shape index (κ3) is 3.76. The summed E-state index contributed by atoms with van der Waals surface area (Å²) in [6, 6.07) is 7.30. The first kappa shape index (κ1) is 14.4. The monoisotopic (exact) mass is 272 g/mol. The van der Waals surface area contributed by atoms with Crippen LogP contribution >= 0.6 is 0 Å². The predicted octanol–water partition coefficient (Wildman–Crippen LogP) is 2.86. The van der Waals surface area contributed by atoms with Crippen LogP contribution < -0.4 is 5.43 Å². The molecule has 1 fully saturated rings. The summed E-state index contributed by atoms with van der Waals surface area (Å²) in [6.07, 6.45) is 1.67. The topological polar surface area (TPSA) is 58.5 Å². The van der Waals surface area contributed by atoms with Gasteiger partial charge in [-0.3, -0.25) is 9.59 Å². The van der Waals surface area contributed by atoms with Crippen LogP contribution in [0.15, 0.2) is 29.4 Å². The Bertz CT molecular complexity index is 556. The van der Waals surface area contributed by atoms with Gasteiger partial charge in [0.2, 0.25) is 0 Å². The smallest absolute Gasteiger partial charge is 0.271 e. The summed E-state index contributed by atoms with van der Waals surface area (Å²) >= 11 is 0. The highest BCUT2D eigenvalue weighted by Gasteiger charge is 2.30. The quantitative estimate of drug-likeness (QED) is 0.842. The van der Waals surface area contributed by atoms with Crippen molar-refractivity contribution in [3.63, 3.8) is 0 Å². The number of benzene rings is 1. The Hall–Kier alpha value is -1.97. The normalized spacial score (nSPS) is 19.9. The van der Waals surface area contributed by atoms with Crippen LogP contribution in [-0.4, -0.2) is 17.4 Å². The van der Waals surface area contributed by atoms with Gasteiger partial charge in [0.1, 0.15) is 5.78 Å². The van der Waals surface area contributed by atoms with Crippen LogP contribution in [0.5, 0.6) is 0 Å². The molecule has 1 aliphatic carbocycles. The summed E-state index contributed by atoms with van der Waals surface area (Å²) in [7, 11) is 0. The number of nitrogens with zero attached hydrogens (tertiary/aromatic N) is 1. The number of amides is 1.